The number of pyridine rings is 1. The van der Waals surface area contributed by atoms with Crippen molar-refractivity contribution in [2.75, 3.05) is 0 Å². The van der Waals surface area contributed by atoms with E-state index in [-0.39, 0.29) is 10.6 Å². The van der Waals surface area contributed by atoms with Crippen LogP contribution in [0.2, 0.25) is 5.02 Å². The van der Waals surface area contributed by atoms with Crippen LogP contribution in [-0.2, 0) is 0 Å². The molecule has 1 aromatic rings. The van der Waals surface area contributed by atoms with Crippen LogP contribution in [0.5, 0.6) is 0 Å². The average molecular weight is 183 g/mol. The molecule has 0 fully saturated rings. The van der Waals surface area contributed by atoms with E-state index in [0.717, 1.165) is 0 Å². The molecule has 0 aliphatic heterocycles. The highest BCUT2D eigenvalue weighted by Crippen LogP contribution is 2.13. The molecule has 6 heteroatoms. The third kappa shape index (κ3) is 1.72. The predicted octanol–water partition coefficient (Wildman–Crippen LogP) is 2.19. The van der Waals surface area contributed by atoms with Crippen LogP contribution in [0.15, 0.2) is 23.6 Å². The van der Waals surface area contributed by atoms with Crippen LogP contribution in [-0.4, -0.2) is 10.9 Å². The van der Waals surface area contributed by atoms with Gasteiger partial charge in [0.25, 0.3) is 5.91 Å². The summed E-state index contributed by atoms with van der Waals surface area (Å²) in [5.41, 5.74) is 8.12. The monoisotopic (exact) mass is 182 g/mol. The van der Waals surface area contributed by atoms with Gasteiger partial charge in [0.05, 0.1) is 5.02 Å². The number of nitrogens with zero attached hydrogens (tertiary/aromatic N) is 4. The number of carbonyl (C=O) groups is 1. The van der Waals surface area contributed by atoms with Crippen molar-refractivity contribution in [3.63, 3.8) is 0 Å². The first-order chi connectivity index (χ1) is 5.75. The van der Waals surface area contributed by atoms with Crippen molar-refractivity contribution in [1.82, 2.24) is 4.98 Å². The Morgan fingerprint density at radius 3 is 3.08 bits per heavy atom. The van der Waals surface area contributed by atoms with Gasteiger partial charge in [0.2, 0.25) is 0 Å². The Morgan fingerprint density at radius 1 is 1.75 bits per heavy atom. The standard InChI is InChI=1S/C6H3ClN4O/c7-5-3-9-2-1-4(5)6(12)10-11-8/h1-3H. The minimum atomic E-state index is -0.704. The Balaban J connectivity index is 3.11. The van der Waals surface area contributed by atoms with E-state index < -0.39 is 5.91 Å². The van der Waals surface area contributed by atoms with Crippen molar-refractivity contribution in [2.24, 2.45) is 5.11 Å². The minimum absolute atomic E-state index is 0.157. The van der Waals surface area contributed by atoms with E-state index in [1.165, 1.54) is 18.5 Å². The van der Waals surface area contributed by atoms with Crippen molar-refractivity contribution < 1.29 is 4.79 Å². The van der Waals surface area contributed by atoms with Crippen molar-refractivity contribution in [3.05, 3.63) is 39.5 Å². The van der Waals surface area contributed by atoms with Gasteiger partial charge in [0.15, 0.2) is 0 Å². The van der Waals surface area contributed by atoms with Crippen LogP contribution >= 0.6 is 11.6 Å². The van der Waals surface area contributed by atoms with Gasteiger partial charge < -0.3 is 0 Å². The second kappa shape index (κ2) is 3.71. The zero-order valence-corrected chi connectivity index (χ0v) is 6.56. The first kappa shape index (κ1) is 8.52. The summed E-state index contributed by atoms with van der Waals surface area (Å²) in [5.74, 6) is -0.704. The molecule has 0 saturated heterocycles. The molecule has 60 valence electrons. The molecule has 1 aromatic heterocycles. The van der Waals surface area contributed by atoms with Gasteiger partial charge >= 0.3 is 0 Å². The topological polar surface area (TPSA) is 78.7 Å². The van der Waals surface area contributed by atoms with Crippen LogP contribution in [0.4, 0.5) is 0 Å². The quantitative estimate of drug-likeness (QED) is 0.379. The molecule has 0 aliphatic rings. The molecule has 0 spiro atoms. The first-order valence-electron chi connectivity index (χ1n) is 2.94. The van der Waals surface area contributed by atoms with Crippen LogP contribution in [0.1, 0.15) is 10.4 Å². The maximum absolute atomic E-state index is 10.9. The van der Waals surface area contributed by atoms with Crippen LogP contribution in [0, 0.1) is 0 Å². The molecular formula is C6H3ClN4O. The fourth-order valence-electron chi connectivity index (χ4n) is 0.643. The minimum Gasteiger partial charge on any atom is -0.287 e. The molecule has 0 N–H and O–H groups in total. The first-order valence-corrected chi connectivity index (χ1v) is 3.32. The van der Waals surface area contributed by atoms with Crippen molar-refractivity contribution >= 4 is 17.5 Å². The summed E-state index contributed by atoms with van der Waals surface area (Å²) in [4.78, 5) is 17.0. The normalized spacial score (nSPS) is 8.75. The van der Waals surface area contributed by atoms with E-state index >= 15 is 0 Å². The van der Waals surface area contributed by atoms with E-state index in [2.05, 4.69) is 15.0 Å². The third-order valence-corrected chi connectivity index (χ3v) is 1.44. The van der Waals surface area contributed by atoms with E-state index in [4.69, 9.17) is 17.1 Å². The summed E-state index contributed by atoms with van der Waals surface area (Å²) < 4.78 is 0. The molecule has 1 heterocycles. The Labute approximate surface area is 72.6 Å². The number of hydrogen-bond donors (Lipinski definition) is 0. The SMILES string of the molecule is [N-]=[N+]=NC(=O)c1ccncc1Cl. The van der Waals surface area contributed by atoms with Gasteiger partial charge in [0, 0.05) is 22.9 Å². The lowest BCUT2D eigenvalue weighted by atomic mass is 10.2. The fourth-order valence-corrected chi connectivity index (χ4v) is 0.843. The number of halogens is 1. The number of rotatable bonds is 1. The van der Waals surface area contributed by atoms with Gasteiger partial charge in [0.1, 0.15) is 0 Å². The van der Waals surface area contributed by atoms with Gasteiger partial charge in [-0.05, 0) is 16.7 Å². The van der Waals surface area contributed by atoms with Crippen molar-refractivity contribution in [1.29, 1.82) is 0 Å². The summed E-state index contributed by atoms with van der Waals surface area (Å²) in [5, 5.41) is 3.06. The highest BCUT2D eigenvalue weighted by atomic mass is 35.5. The van der Waals surface area contributed by atoms with Crippen molar-refractivity contribution in [2.45, 2.75) is 0 Å². The molecule has 0 atom stereocenters. The summed E-state index contributed by atoms with van der Waals surface area (Å²) in [6.07, 6.45) is 2.70. The molecule has 1 amide bonds. The fraction of sp³-hybridized carbons (Fsp3) is 0. The molecule has 0 saturated carbocycles. The van der Waals surface area contributed by atoms with Gasteiger partial charge in [-0.2, -0.15) is 0 Å². The van der Waals surface area contributed by atoms with Crippen LogP contribution < -0.4 is 0 Å². The maximum atomic E-state index is 10.9. The molecule has 0 unspecified atom stereocenters. The Kier molecular flexibility index (Phi) is 2.63. The average Bonchev–Trinajstić information content (AvgIpc) is 2.05. The molecule has 0 aromatic carbocycles. The molecule has 0 bridgehead atoms. The summed E-state index contributed by atoms with van der Waals surface area (Å²) >= 11 is 5.59. The Bertz CT molecular complexity index is 358. The molecule has 0 radical (unpaired) electrons. The smallest absolute Gasteiger partial charge is 0.250 e. The van der Waals surface area contributed by atoms with E-state index in [1.807, 2.05) is 0 Å². The van der Waals surface area contributed by atoms with Crippen LogP contribution in [0.3, 0.4) is 0 Å². The predicted molar refractivity (Wildman–Crippen MR) is 42.7 cm³/mol. The Hall–Kier alpha value is -1.58. The number of amides is 1. The lowest BCUT2D eigenvalue weighted by Gasteiger charge is -1.94. The van der Waals surface area contributed by atoms with Gasteiger partial charge in [-0.25, -0.2) is 0 Å². The zero-order chi connectivity index (χ0) is 8.97. The Morgan fingerprint density at radius 2 is 2.50 bits per heavy atom. The molecule has 5 nitrogen and oxygen atoms in total. The zero-order valence-electron chi connectivity index (χ0n) is 5.81. The van der Waals surface area contributed by atoms with Crippen LogP contribution in [0.25, 0.3) is 10.4 Å². The van der Waals surface area contributed by atoms with Gasteiger partial charge in [-0.3, -0.25) is 9.78 Å². The number of aromatic nitrogens is 1. The molecular weight excluding hydrogens is 180 g/mol. The van der Waals surface area contributed by atoms with Gasteiger partial charge in [-0.1, -0.05) is 11.6 Å². The molecule has 1 rings (SSSR count). The summed E-state index contributed by atoms with van der Waals surface area (Å²) in [6.45, 7) is 0. The summed E-state index contributed by atoms with van der Waals surface area (Å²) in [7, 11) is 0. The number of azide groups is 1. The second-order valence-electron chi connectivity index (χ2n) is 1.85. The molecule has 12 heavy (non-hydrogen) atoms. The highest BCUT2D eigenvalue weighted by molar-refractivity contribution is 6.33. The van der Waals surface area contributed by atoms with E-state index in [0.29, 0.717) is 0 Å². The number of hydrogen-bond acceptors (Lipinski definition) is 2. The van der Waals surface area contributed by atoms with E-state index in [9.17, 15) is 4.79 Å². The van der Waals surface area contributed by atoms with Crippen molar-refractivity contribution in [3.8, 4) is 0 Å². The van der Waals surface area contributed by atoms with E-state index in [1.54, 1.807) is 0 Å². The third-order valence-electron chi connectivity index (χ3n) is 1.14. The molecule has 0 aliphatic carbocycles. The highest BCUT2D eigenvalue weighted by Gasteiger charge is 2.06. The summed E-state index contributed by atoms with van der Waals surface area (Å²) in [6, 6.07) is 1.39. The maximum Gasteiger partial charge on any atom is 0.250 e. The lowest BCUT2D eigenvalue weighted by Crippen LogP contribution is -1.94. The largest absolute Gasteiger partial charge is 0.287 e. The lowest BCUT2D eigenvalue weighted by molar-refractivity contribution is 0.100. The van der Waals surface area contributed by atoms with Gasteiger partial charge in [-0.15, -0.1) is 0 Å². The number of carbonyl (C=O) groups excluding carboxylic acids is 1. The second-order valence-corrected chi connectivity index (χ2v) is 2.26.